The fraction of sp³-hybridized carbons (Fsp3) is 0.417. The number of aromatic nitrogens is 1. The highest BCUT2D eigenvalue weighted by Crippen LogP contribution is 2.40. The molecule has 186 valence electrons. The monoisotopic (exact) mass is 490 g/mol. The number of carbonyl (C=O) groups is 1. The Hall–Kier alpha value is -3.15. The smallest absolute Gasteiger partial charge is 0.333 e. The topological polar surface area (TPSA) is 87.2 Å². The van der Waals surface area contributed by atoms with Gasteiger partial charge in [0.25, 0.3) is 0 Å². The highest BCUT2D eigenvalue weighted by Gasteiger charge is 2.44. The number of rotatable bonds is 5. The van der Waals surface area contributed by atoms with Crippen LogP contribution in [0.25, 0.3) is 6.08 Å². The summed E-state index contributed by atoms with van der Waals surface area (Å²) in [6.45, 7) is 1.81. The number of likely N-dealkylation sites (N-methyl/N-ethyl adjacent to an activating group) is 1. The molecule has 35 heavy (non-hydrogen) atoms. The average molecular weight is 490 g/mol. The molecule has 1 aromatic heterocycles. The van der Waals surface area contributed by atoms with Gasteiger partial charge in [-0.3, -0.25) is 0 Å². The van der Waals surface area contributed by atoms with E-state index in [-0.39, 0.29) is 41.1 Å². The van der Waals surface area contributed by atoms with Crippen LogP contribution in [0.4, 0.5) is 30.5 Å². The number of ether oxygens (including phenoxy) is 2. The molecule has 3 aliphatic heterocycles. The summed E-state index contributed by atoms with van der Waals surface area (Å²) in [5.41, 5.74) is 0.0803. The van der Waals surface area contributed by atoms with Crippen molar-refractivity contribution >= 4 is 29.4 Å². The van der Waals surface area contributed by atoms with Crippen LogP contribution in [0, 0.1) is 17.5 Å². The van der Waals surface area contributed by atoms with Gasteiger partial charge in [0.2, 0.25) is 0 Å². The first-order valence-electron chi connectivity index (χ1n) is 11.4. The lowest BCUT2D eigenvalue weighted by molar-refractivity contribution is -0.179. The van der Waals surface area contributed by atoms with Gasteiger partial charge >= 0.3 is 5.97 Å². The Kier molecular flexibility index (Phi) is 6.16. The molecule has 1 unspecified atom stereocenters. The predicted molar refractivity (Wildman–Crippen MR) is 122 cm³/mol. The van der Waals surface area contributed by atoms with Crippen LogP contribution in [0.5, 0.6) is 0 Å². The van der Waals surface area contributed by atoms with Crippen LogP contribution in [-0.2, 0) is 14.3 Å². The number of fused-ring (bicyclic) bond motifs is 1. The maximum absolute atomic E-state index is 15.2. The Morgan fingerprint density at radius 2 is 1.97 bits per heavy atom. The summed E-state index contributed by atoms with van der Waals surface area (Å²) >= 11 is 0. The third kappa shape index (κ3) is 4.46. The first-order chi connectivity index (χ1) is 16.8. The zero-order valence-electron chi connectivity index (χ0n) is 19.1. The Labute approximate surface area is 199 Å². The van der Waals surface area contributed by atoms with Crippen molar-refractivity contribution in [1.29, 1.82) is 0 Å². The number of carboxylic acid groups (broad SMARTS) is 1. The van der Waals surface area contributed by atoms with E-state index >= 15 is 4.39 Å². The number of halogens is 3. The molecule has 8 nitrogen and oxygen atoms in total. The molecule has 2 saturated heterocycles. The maximum Gasteiger partial charge on any atom is 0.333 e. The lowest BCUT2D eigenvalue weighted by Crippen LogP contribution is -2.46. The summed E-state index contributed by atoms with van der Waals surface area (Å²) in [4.78, 5) is 19.3. The minimum absolute atomic E-state index is 0.0421. The number of carboxylic acids is 1. The van der Waals surface area contributed by atoms with Crippen LogP contribution in [-0.4, -0.2) is 67.8 Å². The van der Waals surface area contributed by atoms with Gasteiger partial charge in [-0.2, -0.15) is 0 Å². The molecule has 0 aliphatic carbocycles. The van der Waals surface area contributed by atoms with Gasteiger partial charge in [-0.1, -0.05) is 0 Å². The Morgan fingerprint density at radius 1 is 1.20 bits per heavy atom. The van der Waals surface area contributed by atoms with Crippen molar-refractivity contribution in [3.63, 3.8) is 0 Å². The first-order valence-corrected chi connectivity index (χ1v) is 11.4. The molecule has 2 fully saturated rings. The highest BCUT2D eigenvalue weighted by molar-refractivity contribution is 5.97. The Morgan fingerprint density at radius 3 is 2.66 bits per heavy atom. The molecule has 2 aromatic rings. The Bertz CT molecular complexity index is 1180. The van der Waals surface area contributed by atoms with Gasteiger partial charge in [0.1, 0.15) is 17.5 Å². The van der Waals surface area contributed by atoms with Crippen molar-refractivity contribution in [2.75, 3.05) is 49.6 Å². The molecule has 1 spiro atoms. The molecule has 0 saturated carbocycles. The second kappa shape index (κ2) is 9.14. The highest BCUT2D eigenvalue weighted by atomic mass is 19.1. The molecular formula is C24H25F3N4O4. The van der Waals surface area contributed by atoms with Crippen LogP contribution in [0.15, 0.2) is 29.8 Å². The van der Waals surface area contributed by atoms with Crippen LogP contribution in [0.2, 0.25) is 0 Å². The fourth-order valence-corrected chi connectivity index (χ4v) is 4.80. The molecule has 1 atom stereocenters. The largest absolute Gasteiger partial charge is 0.478 e. The summed E-state index contributed by atoms with van der Waals surface area (Å²) < 4.78 is 55.4. The van der Waals surface area contributed by atoms with E-state index in [2.05, 4.69) is 10.3 Å². The van der Waals surface area contributed by atoms with E-state index < -0.39 is 29.2 Å². The molecule has 0 bridgehead atoms. The number of hydrogen-bond acceptors (Lipinski definition) is 7. The van der Waals surface area contributed by atoms with E-state index in [1.807, 2.05) is 7.05 Å². The van der Waals surface area contributed by atoms with Crippen molar-refractivity contribution < 1.29 is 32.5 Å². The number of benzene rings is 1. The van der Waals surface area contributed by atoms with Gasteiger partial charge in [0.15, 0.2) is 17.4 Å². The zero-order chi connectivity index (χ0) is 24.7. The van der Waals surface area contributed by atoms with Crippen molar-refractivity contribution in [3.8, 4) is 0 Å². The molecule has 0 radical (unpaired) electrons. The zero-order valence-corrected chi connectivity index (χ0v) is 19.1. The van der Waals surface area contributed by atoms with E-state index in [1.165, 1.54) is 23.1 Å². The maximum atomic E-state index is 15.2. The standard InChI is InChI=1S/C24H25F3N4O4/c1-28-11-17-13-34-24(35-17)4-6-30(7-5-24)22-19(27)9-14-8-15(23(32)33)12-31(21(14)29-22)20-3-2-16(25)10-18(20)26/h2-3,8-10,17,28H,4-7,11-13H2,1H3,(H,32,33). The number of aliphatic carboxylic acids is 1. The van der Waals surface area contributed by atoms with Crippen molar-refractivity contribution in [3.05, 3.63) is 52.9 Å². The van der Waals surface area contributed by atoms with Gasteiger partial charge in [-0.25, -0.2) is 22.9 Å². The fourth-order valence-electron chi connectivity index (χ4n) is 4.80. The molecule has 2 N–H and O–H groups in total. The van der Waals surface area contributed by atoms with E-state index in [4.69, 9.17) is 9.47 Å². The van der Waals surface area contributed by atoms with E-state index in [1.54, 1.807) is 4.90 Å². The molecule has 3 aliphatic rings. The lowest BCUT2D eigenvalue weighted by Gasteiger charge is -2.39. The van der Waals surface area contributed by atoms with Gasteiger partial charge in [0, 0.05) is 44.1 Å². The second-order valence-electron chi connectivity index (χ2n) is 8.87. The number of piperidine rings is 1. The summed E-state index contributed by atoms with van der Waals surface area (Å²) in [5.74, 6) is -3.92. The minimum atomic E-state index is -1.22. The third-order valence-electron chi connectivity index (χ3n) is 6.53. The van der Waals surface area contributed by atoms with E-state index in [0.29, 0.717) is 45.1 Å². The van der Waals surface area contributed by atoms with Gasteiger partial charge in [0.05, 0.1) is 30.5 Å². The summed E-state index contributed by atoms with van der Waals surface area (Å²) in [6, 6.07) is 4.20. The number of nitrogens with one attached hydrogen (secondary N) is 1. The third-order valence-corrected chi connectivity index (χ3v) is 6.53. The summed E-state index contributed by atoms with van der Waals surface area (Å²) in [6.07, 6.45) is 2.32. The SMILES string of the molecule is CNCC1COC2(CCN(c3nc4c(cc3F)C=C(C(=O)O)CN4c3ccc(F)cc3F)CC2)O1. The van der Waals surface area contributed by atoms with E-state index in [9.17, 15) is 18.7 Å². The Balaban J connectivity index is 1.45. The molecular weight excluding hydrogens is 465 g/mol. The molecule has 0 amide bonds. The van der Waals surface area contributed by atoms with Gasteiger partial charge < -0.3 is 29.7 Å². The van der Waals surface area contributed by atoms with Gasteiger partial charge in [-0.15, -0.1) is 0 Å². The van der Waals surface area contributed by atoms with Crippen LogP contribution >= 0.6 is 0 Å². The number of hydrogen-bond donors (Lipinski definition) is 2. The molecule has 1 aromatic carbocycles. The first kappa shape index (κ1) is 23.6. The molecule has 11 heteroatoms. The molecule has 4 heterocycles. The summed E-state index contributed by atoms with van der Waals surface area (Å²) in [5, 5.41) is 12.6. The molecule has 5 rings (SSSR count). The average Bonchev–Trinajstić information content (AvgIpc) is 3.21. The van der Waals surface area contributed by atoms with Crippen LogP contribution < -0.4 is 15.1 Å². The van der Waals surface area contributed by atoms with Gasteiger partial charge in [-0.05, 0) is 31.3 Å². The second-order valence-corrected chi connectivity index (χ2v) is 8.87. The van der Waals surface area contributed by atoms with Crippen molar-refractivity contribution in [2.45, 2.75) is 24.7 Å². The quantitative estimate of drug-likeness (QED) is 0.662. The summed E-state index contributed by atoms with van der Waals surface area (Å²) in [7, 11) is 1.84. The van der Waals surface area contributed by atoms with Crippen LogP contribution in [0.1, 0.15) is 18.4 Å². The number of anilines is 3. The number of nitrogens with zero attached hydrogens (tertiary/aromatic N) is 3. The normalized spacial score (nSPS) is 21.3. The van der Waals surface area contributed by atoms with Crippen molar-refractivity contribution in [2.24, 2.45) is 0 Å². The lowest BCUT2D eigenvalue weighted by atomic mass is 10.0. The van der Waals surface area contributed by atoms with Crippen LogP contribution in [0.3, 0.4) is 0 Å². The number of pyridine rings is 1. The van der Waals surface area contributed by atoms with E-state index in [0.717, 1.165) is 6.07 Å². The minimum Gasteiger partial charge on any atom is -0.478 e. The predicted octanol–water partition coefficient (Wildman–Crippen LogP) is 3.05. The van der Waals surface area contributed by atoms with Crippen molar-refractivity contribution in [1.82, 2.24) is 10.3 Å².